The fourth-order valence-corrected chi connectivity index (χ4v) is 2.31. The molecule has 1 heterocycles. The zero-order valence-electron chi connectivity index (χ0n) is 9.57. The Morgan fingerprint density at radius 3 is 2.81 bits per heavy atom. The first-order valence-corrected chi connectivity index (χ1v) is 5.78. The van der Waals surface area contributed by atoms with Gasteiger partial charge in [-0.2, -0.15) is 0 Å². The molecule has 2 rings (SSSR count). The molecule has 3 nitrogen and oxygen atoms in total. The lowest BCUT2D eigenvalue weighted by atomic mass is 9.85. The van der Waals surface area contributed by atoms with Crippen LogP contribution >= 0.6 is 0 Å². The van der Waals surface area contributed by atoms with Gasteiger partial charge in [-0.25, -0.2) is 0 Å². The molecule has 0 bridgehead atoms. The predicted octanol–water partition coefficient (Wildman–Crippen LogP) is 1.13. The number of carbonyl (C=O) groups is 1. The van der Waals surface area contributed by atoms with Crippen molar-refractivity contribution in [2.75, 3.05) is 20.1 Å². The van der Waals surface area contributed by atoms with Crippen molar-refractivity contribution >= 4 is 5.91 Å². The van der Waals surface area contributed by atoms with Crippen molar-refractivity contribution in [1.82, 2.24) is 10.6 Å². The lowest BCUT2D eigenvalue weighted by Crippen LogP contribution is -2.43. The summed E-state index contributed by atoms with van der Waals surface area (Å²) in [7, 11) is 1.95. The Balaban J connectivity index is 2.10. The number of piperidine rings is 1. The summed E-state index contributed by atoms with van der Waals surface area (Å²) in [6.45, 7) is 1.76. The maximum Gasteiger partial charge on any atom is 0.227 e. The Morgan fingerprint density at radius 2 is 2.12 bits per heavy atom. The molecule has 1 aromatic carbocycles. The quantitative estimate of drug-likeness (QED) is 0.798. The van der Waals surface area contributed by atoms with E-state index in [0.717, 1.165) is 25.1 Å². The fourth-order valence-electron chi connectivity index (χ4n) is 2.31. The lowest BCUT2D eigenvalue weighted by molar-refractivity contribution is -0.124. The van der Waals surface area contributed by atoms with Gasteiger partial charge < -0.3 is 10.6 Å². The molecule has 86 valence electrons. The minimum absolute atomic E-state index is 0.0216. The lowest BCUT2D eigenvalue weighted by Gasteiger charge is -2.29. The molecule has 3 heteroatoms. The SMILES string of the molecule is CNCC1CNC(=O)C(c2ccccc2)C1. The van der Waals surface area contributed by atoms with Gasteiger partial charge >= 0.3 is 0 Å². The van der Waals surface area contributed by atoms with Crippen LogP contribution in [0.15, 0.2) is 30.3 Å². The topological polar surface area (TPSA) is 41.1 Å². The van der Waals surface area contributed by atoms with Crippen molar-refractivity contribution in [3.8, 4) is 0 Å². The van der Waals surface area contributed by atoms with E-state index in [0.29, 0.717) is 5.92 Å². The van der Waals surface area contributed by atoms with E-state index >= 15 is 0 Å². The van der Waals surface area contributed by atoms with Gasteiger partial charge in [0.15, 0.2) is 0 Å². The van der Waals surface area contributed by atoms with Gasteiger partial charge in [-0.1, -0.05) is 30.3 Å². The standard InChI is InChI=1S/C13H18N2O/c1-14-8-10-7-12(13(16)15-9-10)11-5-3-2-4-6-11/h2-6,10,12,14H,7-9H2,1H3,(H,15,16). The van der Waals surface area contributed by atoms with Crippen LogP contribution in [0, 0.1) is 5.92 Å². The number of carbonyl (C=O) groups excluding carboxylic acids is 1. The summed E-state index contributed by atoms with van der Waals surface area (Å²) in [5, 5.41) is 6.16. The Hall–Kier alpha value is -1.35. The molecule has 0 aromatic heterocycles. The van der Waals surface area contributed by atoms with Crippen molar-refractivity contribution < 1.29 is 4.79 Å². The smallest absolute Gasteiger partial charge is 0.227 e. The van der Waals surface area contributed by atoms with Gasteiger partial charge in [0.05, 0.1) is 5.92 Å². The van der Waals surface area contributed by atoms with Crippen LogP contribution < -0.4 is 10.6 Å². The first-order chi connectivity index (χ1) is 7.81. The van der Waals surface area contributed by atoms with E-state index in [9.17, 15) is 4.79 Å². The Labute approximate surface area is 96.2 Å². The molecule has 0 spiro atoms. The second-order valence-corrected chi connectivity index (χ2v) is 4.37. The first kappa shape index (κ1) is 11.1. The summed E-state index contributed by atoms with van der Waals surface area (Å²) in [5.41, 5.74) is 1.13. The van der Waals surface area contributed by atoms with Crippen LogP contribution in [-0.4, -0.2) is 26.0 Å². The maximum atomic E-state index is 11.8. The fraction of sp³-hybridized carbons (Fsp3) is 0.462. The van der Waals surface area contributed by atoms with Gasteiger partial charge in [0, 0.05) is 6.54 Å². The average molecular weight is 218 g/mol. The molecule has 2 atom stereocenters. The van der Waals surface area contributed by atoms with Crippen molar-refractivity contribution in [3.05, 3.63) is 35.9 Å². The molecule has 1 amide bonds. The van der Waals surface area contributed by atoms with Gasteiger partial charge in [0.1, 0.15) is 0 Å². The molecule has 2 N–H and O–H groups in total. The number of rotatable bonds is 3. The molecular weight excluding hydrogens is 200 g/mol. The molecule has 16 heavy (non-hydrogen) atoms. The van der Waals surface area contributed by atoms with Crippen LogP contribution in [0.5, 0.6) is 0 Å². The molecule has 1 aliphatic rings. The summed E-state index contributed by atoms with van der Waals surface area (Å²) >= 11 is 0. The van der Waals surface area contributed by atoms with Gasteiger partial charge in [0.25, 0.3) is 0 Å². The second-order valence-electron chi connectivity index (χ2n) is 4.37. The highest BCUT2D eigenvalue weighted by atomic mass is 16.1. The van der Waals surface area contributed by atoms with E-state index < -0.39 is 0 Å². The summed E-state index contributed by atoms with van der Waals surface area (Å²) in [6, 6.07) is 10.0. The third kappa shape index (κ3) is 2.42. The van der Waals surface area contributed by atoms with Gasteiger partial charge in [0.2, 0.25) is 5.91 Å². The summed E-state index contributed by atoms with van der Waals surface area (Å²) in [4.78, 5) is 11.8. The van der Waals surface area contributed by atoms with Gasteiger partial charge in [-0.05, 0) is 31.5 Å². The molecule has 0 saturated carbocycles. The molecular formula is C13H18N2O. The summed E-state index contributed by atoms with van der Waals surface area (Å²) in [6.07, 6.45) is 0.941. The minimum atomic E-state index is 0.0216. The van der Waals surface area contributed by atoms with Crippen molar-refractivity contribution in [3.63, 3.8) is 0 Å². The minimum Gasteiger partial charge on any atom is -0.355 e. The highest BCUT2D eigenvalue weighted by molar-refractivity contribution is 5.84. The Bertz CT molecular complexity index is 350. The second kappa shape index (κ2) is 5.12. The molecule has 1 fully saturated rings. The summed E-state index contributed by atoms with van der Waals surface area (Å²) in [5.74, 6) is 0.722. The zero-order chi connectivity index (χ0) is 11.4. The largest absolute Gasteiger partial charge is 0.355 e. The summed E-state index contributed by atoms with van der Waals surface area (Å²) < 4.78 is 0. The third-order valence-electron chi connectivity index (χ3n) is 3.15. The van der Waals surface area contributed by atoms with Crippen LogP contribution in [0.2, 0.25) is 0 Å². The number of hydrogen-bond acceptors (Lipinski definition) is 2. The van der Waals surface area contributed by atoms with E-state index in [1.54, 1.807) is 0 Å². The van der Waals surface area contributed by atoms with Crippen molar-refractivity contribution in [2.24, 2.45) is 5.92 Å². The van der Waals surface area contributed by atoms with E-state index in [2.05, 4.69) is 10.6 Å². The molecule has 0 radical (unpaired) electrons. The molecule has 0 aliphatic carbocycles. The van der Waals surface area contributed by atoms with Gasteiger partial charge in [-0.15, -0.1) is 0 Å². The molecule has 1 aliphatic heterocycles. The number of amides is 1. The maximum absolute atomic E-state index is 11.8. The zero-order valence-corrected chi connectivity index (χ0v) is 9.57. The Morgan fingerprint density at radius 1 is 1.38 bits per heavy atom. The van der Waals surface area contributed by atoms with Crippen LogP contribution in [-0.2, 0) is 4.79 Å². The van der Waals surface area contributed by atoms with Crippen LogP contribution in [0.3, 0.4) is 0 Å². The number of hydrogen-bond donors (Lipinski definition) is 2. The third-order valence-corrected chi connectivity index (χ3v) is 3.15. The molecule has 1 aromatic rings. The van der Waals surface area contributed by atoms with Crippen molar-refractivity contribution in [2.45, 2.75) is 12.3 Å². The average Bonchev–Trinajstić information content (AvgIpc) is 2.33. The van der Waals surface area contributed by atoms with E-state index in [-0.39, 0.29) is 11.8 Å². The van der Waals surface area contributed by atoms with E-state index in [4.69, 9.17) is 0 Å². The molecule has 1 saturated heterocycles. The Kier molecular flexibility index (Phi) is 3.57. The van der Waals surface area contributed by atoms with Gasteiger partial charge in [-0.3, -0.25) is 4.79 Å². The molecule has 2 unspecified atom stereocenters. The normalized spacial score (nSPS) is 25.2. The highest BCUT2D eigenvalue weighted by Gasteiger charge is 2.28. The first-order valence-electron chi connectivity index (χ1n) is 5.78. The highest BCUT2D eigenvalue weighted by Crippen LogP contribution is 2.26. The van der Waals surface area contributed by atoms with Crippen molar-refractivity contribution in [1.29, 1.82) is 0 Å². The van der Waals surface area contributed by atoms with E-state index in [1.807, 2.05) is 37.4 Å². The van der Waals surface area contributed by atoms with Crippen LogP contribution in [0.1, 0.15) is 17.9 Å². The predicted molar refractivity (Wildman–Crippen MR) is 64.2 cm³/mol. The number of benzene rings is 1. The van der Waals surface area contributed by atoms with Crippen LogP contribution in [0.25, 0.3) is 0 Å². The monoisotopic (exact) mass is 218 g/mol. The van der Waals surface area contributed by atoms with Crippen LogP contribution in [0.4, 0.5) is 0 Å². The van der Waals surface area contributed by atoms with E-state index in [1.165, 1.54) is 0 Å². The number of nitrogens with one attached hydrogen (secondary N) is 2.